The topological polar surface area (TPSA) is 66.5 Å². The highest BCUT2D eigenvalue weighted by Crippen LogP contribution is 2.16. The average Bonchev–Trinajstić information content (AvgIpc) is 2.25. The van der Waals surface area contributed by atoms with Crippen molar-refractivity contribution in [2.75, 3.05) is 12.0 Å². The first-order chi connectivity index (χ1) is 8.38. The summed E-state index contributed by atoms with van der Waals surface area (Å²) in [5.74, 6) is 0.228. The number of nitrogens with zero attached hydrogens (tertiary/aromatic N) is 1. The first kappa shape index (κ1) is 15.1. The molecule has 104 valence electrons. The third-order valence-corrected chi connectivity index (χ3v) is 4.15. The molecule has 1 rings (SSSR count). The molecule has 0 aliphatic carbocycles. The van der Waals surface area contributed by atoms with Crippen molar-refractivity contribution in [3.05, 3.63) is 0 Å². The van der Waals surface area contributed by atoms with Crippen molar-refractivity contribution in [1.29, 1.82) is 0 Å². The lowest BCUT2D eigenvalue weighted by Crippen LogP contribution is -2.65. The van der Waals surface area contributed by atoms with Crippen molar-refractivity contribution >= 4 is 22.6 Å². The van der Waals surface area contributed by atoms with Crippen molar-refractivity contribution in [2.45, 2.75) is 51.7 Å². The lowest BCUT2D eigenvalue weighted by molar-refractivity contribution is -0.150. The second-order valence-corrected chi connectivity index (χ2v) is 6.34. The standard InChI is InChI=1S/C12H22N2O3S/c1-5-6-10-12(16)14(8(2)7-18(4)17)9(3)11(15)13-10/h8-10H,5-7H2,1-4H3,(H,13,15). The van der Waals surface area contributed by atoms with Crippen LogP contribution in [0.4, 0.5) is 0 Å². The van der Waals surface area contributed by atoms with Gasteiger partial charge in [0.05, 0.1) is 0 Å². The molecule has 4 unspecified atom stereocenters. The van der Waals surface area contributed by atoms with E-state index in [-0.39, 0.29) is 17.9 Å². The van der Waals surface area contributed by atoms with E-state index in [1.807, 2.05) is 13.8 Å². The Kier molecular flexibility index (Phi) is 5.31. The van der Waals surface area contributed by atoms with Crippen LogP contribution in [0.1, 0.15) is 33.6 Å². The SMILES string of the molecule is CCCC1NC(=O)C(C)N(C(C)CS(C)=O)C1=O. The largest absolute Gasteiger partial charge is 0.343 e. The number of hydrogen-bond donors (Lipinski definition) is 1. The third-order valence-electron chi connectivity index (χ3n) is 3.19. The number of carbonyl (C=O) groups is 2. The zero-order valence-electron chi connectivity index (χ0n) is 11.4. The maximum Gasteiger partial charge on any atom is 0.246 e. The first-order valence-electron chi connectivity index (χ1n) is 6.31. The highest BCUT2D eigenvalue weighted by molar-refractivity contribution is 7.84. The Bertz CT molecular complexity index is 359. The summed E-state index contributed by atoms with van der Waals surface area (Å²) in [5.41, 5.74) is 0. The molecule has 1 aliphatic rings. The molecule has 1 N–H and O–H groups in total. The highest BCUT2D eigenvalue weighted by atomic mass is 32.2. The van der Waals surface area contributed by atoms with E-state index in [4.69, 9.17) is 0 Å². The van der Waals surface area contributed by atoms with Crippen LogP contribution in [0.2, 0.25) is 0 Å². The van der Waals surface area contributed by atoms with Crippen LogP contribution < -0.4 is 5.32 Å². The van der Waals surface area contributed by atoms with Gasteiger partial charge in [-0.2, -0.15) is 0 Å². The van der Waals surface area contributed by atoms with Crippen LogP contribution in [0.25, 0.3) is 0 Å². The predicted octanol–water partition coefficient (Wildman–Crippen LogP) is 0.269. The molecular weight excluding hydrogens is 252 g/mol. The van der Waals surface area contributed by atoms with Crippen molar-refractivity contribution in [3.8, 4) is 0 Å². The van der Waals surface area contributed by atoms with Gasteiger partial charge >= 0.3 is 0 Å². The molecule has 1 fully saturated rings. The Balaban J connectivity index is 2.87. The van der Waals surface area contributed by atoms with E-state index in [1.54, 1.807) is 18.1 Å². The van der Waals surface area contributed by atoms with Gasteiger partial charge in [-0.25, -0.2) is 0 Å². The van der Waals surface area contributed by atoms with Gasteiger partial charge in [0.1, 0.15) is 12.1 Å². The monoisotopic (exact) mass is 274 g/mol. The van der Waals surface area contributed by atoms with E-state index in [2.05, 4.69) is 5.32 Å². The van der Waals surface area contributed by atoms with Gasteiger partial charge < -0.3 is 10.2 Å². The maximum absolute atomic E-state index is 12.3. The summed E-state index contributed by atoms with van der Waals surface area (Å²) in [6.45, 7) is 5.54. The van der Waals surface area contributed by atoms with Gasteiger partial charge in [0.25, 0.3) is 0 Å². The Morgan fingerprint density at radius 1 is 1.44 bits per heavy atom. The van der Waals surface area contributed by atoms with Crippen molar-refractivity contribution in [2.24, 2.45) is 0 Å². The van der Waals surface area contributed by atoms with E-state index in [1.165, 1.54) is 0 Å². The smallest absolute Gasteiger partial charge is 0.246 e. The molecule has 0 radical (unpaired) electrons. The van der Waals surface area contributed by atoms with Gasteiger partial charge in [0.15, 0.2) is 0 Å². The lowest BCUT2D eigenvalue weighted by Gasteiger charge is -2.40. The van der Waals surface area contributed by atoms with Crippen LogP contribution in [0, 0.1) is 0 Å². The summed E-state index contributed by atoms with van der Waals surface area (Å²) in [7, 11) is -0.979. The maximum atomic E-state index is 12.3. The van der Waals surface area contributed by atoms with E-state index in [0.29, 0.717) is 12.2 Å². The summed E-state index contributed by atoms with van der Waals surface area (Å²) in [5, 5.41) is 2.75. The molecule has 0 aromatic rings. The molecular formula is C12H22N2O3S. The van der Waals surface area contributed by atoms with Crippen LogP contribution in [-0.4, -0.2) is 51.1 Å². The summed E-state index contributed by atoms with van der Waals surface area (Å²) in [6.07, 6.45) is 3.10. The fourth-order valence-electron chi connectivity index (χ4n) is 2.35. The summed E-state index contributed by atoms with van der Waals surface area (Å²) < 4.78 is 11.3. The molecule has 1 saturated heterocycles. The van der Waals surface area contributed by atoms with Crippen LogP contribution in [0.5, 0.6) is 0 Å². The first-order valence-corrected chi connectivity index (χ1v) is 8.03. The fraction of sp³-hybridized carbons (Fsp3) is 0.833. The van der Waals surface area contributed by atoms with Crippen LogP contribution >= 0.6 is 0 Å². The highest BCUT2D eigenvalue weighted by Gasteiger charge is 2.39. The lowest BCUT2D eigenvalue weighted by atomic mass is 10.0. The Labute approximate surface area is 111 Å². The number of amides is 2. The van der Waals surface area contributed by atoms with Crippen LogP contribution in [-0.2, 0) is 20.4 Å². The van der Waals surface area contributed by atoms with Gasteiger partial charge in [0.2, 0.25) is 11.8 Å². The average molecular weight is 274 g/mol. The minimum absolute atomic E-state index is 0.0538. The van der Waals surface area contributed by atoms with Gasteiger partial charge in [-0.3, -0.25) is 13.8 Å². The van der Waals surface area contributed by atoms with Crippen LogP contribution in [0.15, 0.2) is 0 Å². The Hall–Kier alpha value is -0.910. The van der Waals surface area contributed by atoms with Gasteiger partial charge in [-0.05, 0) is 20.3 Å². The number of hydrogen-bond acceptors (Lipinski definition) is 3. The third kappa shape index (κ3) is 3.31. The molecule has 4 atom stereocenters. The van der Waals surface area contributed by atoms with Gasteiger partial charge in [-0.1, -0.05) is 13.3 Å². The molecule has 1 heterocycles. The summed E-state index contributed by atoms with van der Waals surface area (Å²) >= 11 is 0. The molecule has 6 heteroatoms. The van der Waals surface area contributed by atoms with E-state index >= 15 is 0 Å². The Morgan fingerprint density at radius 3 is 2.56 bits per heavy atom. The molecule has 0 aromatic carbocycles. The molecule has 18 heavy (non-hydrogen) atoms. The minimum Gasteiger partial charge on any atom is -0.343 e. The molecule has 0 saturated carbocycles. The van der Waals surface area contributed by atoms with Gasteiger partial charge in [-0.15, -0.1) is 0 Å². The molecule has 5 nitrogen and oxygen atoms in total. The number of carbonyl (C=O) groups excluding carboxylic acids is 2. The van der Waals surface area contributed by atoms with Crippen LogP contribution in [0.3, 0.4) is 0 Å². The molecule has 0 aromatic heterocycles. The zero-order valence-corrected chi connectivity index (χ0v) is 12.3. The van der Waals surface area contributed by atoms with Gasteiger partial charge in [0, 0.05) is 28.9 Å². The number of piperazine rings is 1. The molecule has 0 bridgehead atoms. The van der Waals surface area contributed by atoms with E-state index in [0.717, 1.165) is 6.42 Å². The predicted molar refractivity (Wildman–Crippen MR) is 71.5 cm³/mol. The minimum atomic E-state index is -0.979. The van der Waals surface area contributed by atoms with Crippen molar-refractivity contribution < 1.29 is 13.8 Å². The normalized spacial score (nSPS) is 27.9. The molecule has 2 amide bonds. The van der Waals surface area contributed by atoms with E-state index < -0.39 is 22.9 Å². The molecule has 0 spiro atoms. The number of nitrogens with one attached hydrogen (secondary N) is 1. The number of rotatable bonds is 5. The summed E-state index contributed by atoms with van der Waals surface area (Å²) in [6, 6.07) is -1.08. The van der Waals surface area contributed by atoms with E-state index in [9.17, 15) is 13.8 Å². The quantitative estimate of drug-likeness (QED) is 0.782. The fourth-order valence-corrected chi connectivity index (χ4v) is 3.19. The van der Waals surface area contributed by atoms with Crippen molar-refractivity contribution in [3.63, 3.8) is 0 Å². The second kappa shape index (κ2) is 6.31. The Morgan fingerprint density at radius 2 is 2.06 bits per heavy atom. The second-order valence-electron chi connectivity index (χ2n) is 4.86. The summed E-state index contributed by atoms with van der Waals surface area (Å²) in [4.78, 5) is 25.7. The molecule has 1 aliphatic heterocycles. The van der Waals surface area contributed by atoms with Crippen molar-refractivity contribution in [1.82, 2.24) is 10.2 Å². The zero-order chi connectivity index (χ0) is 13.9.